The van der Waals surface area contributed by atoms with Gasteiger partial charge in [-0.2, -0.15) is 0 Å². The number of hydrogen-bond acceptors (Lipinski definition) is 5. The van der Waals surface area contributed by atoms with Gasteiger partial charge < -0.3 is 14.7 Å². The molecule has 1 aromatic rings. The van der Waals surface area contributed by atoms with Crippen LogP contribution < -0.4 is 4.90 Å². The van der Waals surface area contributed by atoms with Gasteiger partial charge in [0.2, 0.25) is 0 Å². The van der Waals surface area contributed by atoms with E-state index in [4.69, 9.17) is 9.72 Å². The summed E-state index contributed by atoms with van der Waals surface area (Å²) < 4.78 is 5.94. The fraction of sp³-hybridized carbons (Fsp3) is 0.800. The summed E-state index contributed by atoms with van der Waals surface area (Å²) in [6, 6.07) is 0. The number of rotatable bonds is 2. The van der Waals surface area contributed by atoms with Crippen LogP contribution in [0.2, 0.25) is 0 Å². The van der Waals surface area contributed by atoms with Gasteiger partial charge >= 0.3 is 0 Å². The van der Waals surface area contributed by atoms with Gasteiger partial charge in [-0.1, -0.05) is 32.1 Å². The number of morpholine rings is 1. The fourth-order valence-corrected chi connectivity index (χ4v) is 3.91. The van der Waals surface area contributed by atoms with Crippen molar-refractivity contribution in [3.05, 3.63) is 10.6 Å². The van der Waals surface area contributed by atoms with Gasteiger partial charge in [0.15, 0.2) is 5.13 Å². The molecule has 0 radical (unpaired) electrons. The molecule has 20 heavy (non-hydrogen) atoms. The summed E-state index contributed by atoms with van der Waals surface area (Å²) >= 11 is 1.60. The van der Waals surface area contributed by atoms with Gasteiger partial charge in [-0.25, -0.2) is 4.98 Å². The second-order valence-electron chi connectivity index (χ2n) is 7.25. The predicted molar refractivity (Wildman–Crippen MR) is 83.6 cm³/mol. The Bertz CT molecular complexity index is 477. The van der Waals surface area contributed by atoms with Crippen molar-refractivity contribution in [3.63, 3.8) is 0 Å². The lowest BCUT2D eigenvalue weighted by atomic mass is 9.91. The second kappa shape index (κ2) is 5.28. The third-order valence-electron chi connectivity index (χ3n) is 3.38. The Labute approximate surface area is 125 Å². The number of anilines is 1. The Hall–Kier alpha value is -0.650. The van der Waals surface area contributed by atoms with Gasteiger partial charge in [0, 0.05) is 18.5 Å². The molecule has 2 rings (SSSR count). The largest absolute Gasteiger partial charge is 0.391 e. The zero-order chi connectivity index (χ0) is 15.1. The van der Waals surface area contributed by atoms with E-state index >= 15 is 0 Å². The molecule has 1 N–H and O–H groups in total. The smallest absolute Gasteiger partial charge is 0.186 e. The molecule has 0 amide bonds. The third-order valence-corrected chi connectivity index (χ3v) is 4.48. The highest BCUT2D eigenvalue weighted by atomic mass is 32.1. The Morgan fingerprint density at radius 3 is 2.55 bits per heavy atom. The topological polar surface area (TPSA) is 45.6 Å². The molecule has 2 heterocycles. The van der Waals surface area contributed by atoms with Gasteiger partial charge in [-0.3, -0.25) is 0 Å². The maximum atomic E-state index is 9.58. The summed E-state index contributed by atoms with van der Waals surface area (Å²) in [7, 11) is 0. The maximum absolute atomic E-state index is 9.58. The van der Waals surface area contributed by atoms with Crippen molar-refractivity contribution in [2.45, 2.75) is 65.3 Å². The molecule has 1 aromatic heterocycles. The molecule has 0 spiro atoms. The minimum Gasteiger partial charge on any atom is -0.391 e. The highest BCUT2D eigenvalue weighted by Crippen LogP contribution is 2.36. The number of aromatic nitrogens is 1. The van der Waals surface area contributed by atoms with E-state index < -0.39 is 0 Å². The molecule has 0 aliphatic carbocycles. The van der Waals surface area contributed by atoms with Crippen LogP contribution in [-0.4, -0.2) is 34.9 Å². The van der Waals surface area contributed by atoms with Crippen molar-refractivity contribution in [1.29, 1.82) is 0 Å². The lowest BCUT2D eigenvalue weighted by Crippen LogP contribution is -2.52. The van der Waals surface area contributed by atoms with Gasteiger partial charge in [-0.05, 0) is 20.8 Å². The van der Waals surface area contributed by atoms with Crippen LogP contribution in [0.4, 0.5) is 5.13 Å². The molecule has 1 fully saturated rings. The summed E-state index contributed by atoms with van der Waals surface area (Å²) in [5.74, 6) is 0. The van der Waals surface area contributed by atoms with Crippen molar-refractivity contribution in [2.24, 2.45) is 0 Å². The van der Waals surface area contributed by atoms with Crippen molar-refractivity contribution in [1.82, 2.24) is 4.98 Å². The fourth-order valence-electron chi connectivity index (χ4n) is 2.77. The summed E-state index contributed by atoms with van der Waals surface area (Å²) in [6.45, 7) is 14.5. The molecule has 1 aliphatic heterocycles. The molecular formula is C15H26N2O2S. The van der Waals surface area contributed by atoms with Gasteiger partial charge in [0.05, 0.1) is 28.9 Å². The van der Waals surface area contributed by atoms with Gasteiger partial charge in [0.1, 0.15) is 0 Å². The van der Waals surface area contributed by atoms with Crippen molar-refractivity contribution in [3.8, 4) is 0 Å². The minimum absolute atomic E-state index is 0.0414. The maximum Gasteiger partial charge on any atom is 0.186 e. The van der Waals surface area contributed by atoms with E-state index in [-0.39, 0.29) is 23.7 Å². The normalized spacial score (nSPS) is 23.1. The van der Waals surface area contributed by atoms with Crippen LogP contribution in [0.15, 0.2) is 0 Å². The number of aliphatic hydroxyl groups excluding tert-OH is 1. The average molecular weight is 298 g/mol. The Balaban J connectivity index is 2.31. The zero-order valence-electron chi connectivity index (χ0n) is 13.4. The predicted octanol–water partition coefficient (Wildman–Crippen LogP) is 2.94. The molecule has 5 heteroatoms. The quantitative estimate of drug-likeness (QED) is 0.912. The Morgan fingerprint density at radius 2 is 2.10 bits per heavy atom. The average Bonchev–Trinajstić information content (AvgIpc) is 2.69. The summed E-state index contributed by atoms with van der Waals surface area (Å²) in [6.07, 6.45) is 0.193. The number of hydrogen-bond donors (Lipinski definition) is 1. The molecule has 1 aliphatic rings. The van der Waals surface area contributed by atoms with Crippen molar-refractivity contribution >= 4 is 16.5 Å². The van der Waals surface area contributed by atoms with E-state index in [1.54, 1.807) is 11.3 Å². The van der Waals surface area contributed by atoms with Crippen LogP contribution >= 0.6 is 11.3 Å². The molecule has 0 aromatic carbocycles. The van der Waals surface area contributed by atoms with Crippen LogP contribution in [0.3, 0.4) is 0 Å². The zero-order valence-corrected chi connectivity index (χ0v) is 14.2. The molecule has 0 saturated carbocycles. The van der Waals surface area contributed by atoms with Gasteiger partial charge in [-0.15, -0.1) is 0 Å². The van der Waals surface area contributed by atoms with E-state index in [9.17, 15) is 5.11 Å². The SMILES string of the molecule is CC1CN(c2nc(C(C)(C)C)c(CO)s2)CC(C)(C)O1. The molecule has 1 atom stereocenters. The summed E-state index contributed by atoms with van der Waals surface area (Å²) in [5, 5.41) is 10.6. The minimum atomic E-state index is -0.162. The number of ether oxygens (including phenoxy) is 1. The molecule has 4 nitrogen and oxygen atoms in total. The van der Waals surface area contributed by atoms with E-state index in [1.165, 1.54) is 0 Å². The first-order valence-electron chi connectivity index (χ1n) is 7.16. The van der Waals surface area contributed by atoms with E-state index in [0.717, 1.165) is 28.8 Å². The van der Waals surface area contributed by atoms with Crippen LogP contribution in [0.25, 0.3) is 0 Å². The standard InChI is InChI=1S/C15H26N2O2S/c1-10-7-17(9-15(5,6)19-10)13-16-12(14(2,3)4)11(8-18)20-13/h10,18H,7-9H2,1-6H3. The first kappa shape index (κ1) is 15.7. The highest BCUT2D eigenvalue weighted by molar-refractivity contribution is 7.15. The Kier molecular flexibility index (Phi) is 4.15. The van der Waals surface area contributed by atoms with E-state index in [0.29, 0.717) is 0 Å². The molecular weight excluding hydrogens is 272 g/mol. The number of thiazole rings is 1. The molecule has 0 bridgehead atoms. The van der Waals surface area contributed by atoms with E-state index in [1.807, 2.05) is 0 Å². The van der Waals surface area contributed by atoms with Crippen LogP contribution in [0, 0.1) is 0 Å². The van der Waals surface area contributed by atoms with Crippen molar-refractivity contribution in [2.75, 3.05) is 18.0 Å². The number of aliphatic hydroxyl groups is 1. The Morgan fingerprint density at radius 1 is 1.45 bits per heavy atom. The molecule has 1 saturated heterocycles. The third kappa shape index (κ3) is 3.32. The van der Waals surface area contributed by atoms with E-state index in [2.05, 4.69) is 46.4 Å². The monoisotopic (exact) mass is 298 g/mol. The number of nitrogens with zero attached hydrogens (tertiary/aromatic N) is 2. The van der Waals surface area contributed by atoms with Crippen LogP contribution in [0.1, 0.15) is 52.1 Å². The first-order valence-corrected chi connectivity index (χ1v) is 7.98. The molecule has 114 valence electrons. The van der Waals surface area contributed by atoms with Gasteiger partial charge in [0.25, 0.3) is 0 Å². The summed E-state index contributed by atoms with van der Waals surface area (Å²) in [4.78, 5) is 8.07. The van der Waals surface area contributed by atoms with Crippen LogP contribution in [-0.2, 0) is 16.8 Å². The highest BCUT2D eigenvalue weighted by Gasteiger charge is 2.34. The second-order valence-corrected chi connectivity index (χ2v) is 8.31. The van der Waals surface area contributed by atoms with Crippen LogP contribution in [0.5, 0.6) is 0 Å². The summed E-state index contributed by atoms with van der Waals surface area (Å²) in [5.41, 5.74) is 0.808. The first-order chi connectivity index (χ1) is 9.12. The lowest BCUT2D eigenvalue weighted by molar-refractivity contribution is -0.0749. The molecule has 1 unspecified atom stereocenters. The lowest BCUT2D eigenvalue weighted by Gasteiger charge is -2.41. The van der Waals surface area contributed by atoms with Crippen molar-refractivity contribution < 1.29 is 9.84 Å².